The molecule has 0 aliphatic carbocycles. The maximum absolute atomic E-state index is 12.7. The average Bonchev–Trinajstić information content (AvgIpc) is 3.19. The third-order valence-corrected chi connectivity index (χ3v) is 5.28. The van der Waals surface area contributed by atoms with E-state index in [-0.39, 0.29) is 18.3 Å². The van der Waals surface area contributed by atoms with Crippen molar-refractivity contribution in [2.24, 2.45) is 7.05 Å². The number of rotatable bonds is 3. The Morgan fingerprint density at radius 3 is 2.92 bits per heavy atom. The number of carbonyl (C=O) groups is 1. The van der Waals surface area contributed by atoms with Crippen molar-refractivity contribution in [1.82, 2.24) is 9.88 Å². The van der Waals surface area contributed by atoms with Gasteiger partial charge in [-0.15, -0.1) is 11.3 Å². The Kier molecular flexibility index (Phi) is 3.73. The molecule has 0 radical (unpaired) electrons. The fourth-order valence-corrected chi connectivity index (χ4v) is 3.96. The largest absolute Gasteiger partial charge is 0.454 e. The minimum Gasteiger partial charge on any atom is -0.454 e. The molecule has 0 saturated heterocycles. The predicted octanol–water partition coefficient (Wildman–Crippen LogP) is 2.57. The Morgan fingerprint density at radius 2 is 2.08 bits per heavy atom. The lowest BCUT2D eigenvalue weighted by Crippen LogP contribution is -2.25. The quantitative estimate of drug-likeness (QED) is 0.783. The highest BCUT2D eigenvalue weighted by Gasteiger charge is 2.20. The molecule has 1 amide bonds. The number of pyridine rings is 1. The second-order valence-electron chi connectivity index (χ2n) is 5.87. The smallest absolute Gasteiger partial charge is 0.259 e. The van der Waals surface area contributed by atoms with Crippen LogP contribution in [0.3, 0.4) is 0 Å². The summed E-state index contributed by atoms with van der Waals surface area (Å²) < 4.78 is 12.9. The zero-order valence-electron chi connectivity index (χ0n) is 13.8. The summed E-state index contributed by atoms with van der Waals surface area (Å²) in [4.78, 5) is 26.0. The number of aryl methyl sites for hydroxylation is 2. The molecular weight excluding hydrogens is 340 g/mol. The van der Waals surface area contributed by atoms with E-state index < -0.39 is 0 Å². The second-order valence-corrected chi connectivity index (χ2v) is 7.13. The van der Waals surface area contributed by atoms with Crippen molar-refractivity contribution in [3.05, 3.63) is 56.8 Å². The van der Waals surface area contributed by atoms with Crippen LogP contribution in [0.2, 0.25) is 0 Å². The monoisotopic (exact) mass is 356 g/mol. The number of fused-ring (bicyclic) bond motifs is 2. The van der Waals surface area contributed by atoms with Gasteiger partial charge in [-0.25, -0.2) is 0 Å². The number of carbonyl (C=O) groups excluding carboxylic acids is 1. The van der Waals surface area contributed by atoms with Crippen LogP contribution in [0.15, 0.2) is 35.3 Å². The van der Waals surface area contributed by atoms with Crippen LogP contribution >= 0.6 is 11.3 Å². The minimum absolute atomic E-state index is 0.157. The first kappa shape index (κ1) is 15.7. The van der Waals surface area contributed by atoms with Gasteiger partial charge in [-0.05, 0) is 30.7 Å². The minimum atomic E-state index is -0.246. The Balaban J connectivity index is 1.61. The molecule has 4 rings (SSSR count). The fourth-order valence-electron chi connectivity index (χ4n) is 2.91. The van der Waals surface area contributed by atoms with Gasteiger partial charge in [0.25, 0.3) is 11.5 Å². The molecule has 1 N–H and O–H groups in total. The van der Waals surface area contributed by atoms with Crippen molar-refractivity contribution >= 4 is 27.3 Å². The van der Waals surface area contributed by atoms with E-state index >= 15 is 0 Å². The molecule has 1 aromatic carbocycles. The number of nitrogens with one attached hydrogen (secondary N) is 1. The predicted molar refractivity (Wildman–Crippen MR) is 95.5 cm³/mol. The van der Waals surface area contributed by atoms with Crippen LogP contribution in [0, 0.1) is 6.92 Å². The highest BCUT2D eigenvalue weighted by Crippen LogP contribution is 2.32. The van der Waals surface area contributed by atoms with Crippen LogP contribution in [0.1, 0.15) is 20.8 Å². The van der Waals surface area contributed by atoms with Gasteiger partial charge in [0, 0.05) is 29.4 Å². The standard InChI is InChI=1S/C18H16N2O4S/c1-10-15(16-14(25-10)5-6-20(2)18(16)22)17(21)19-8-11-3-4-12-13(7-11)24-9-23-12/h3-7H,8-9H2,1-2H3,(H,19,21). The first-order valence-corrected chi connectivity index (χ1v) is 8.61. The number of aromatic nitrogens is 1. The van der Waals surface area contributed by atoms with E-state index in [4.69, 9.17) is 9.47 Å². The van der Waals surface area contributed by atoms with Gasteiger partial charge < -0.3 is 19.4 Å². The van der Waals surface area contributed by atoms with Gasteiger partial charge >= 0.3 is 0 Å². The summed E-state index contributed by atoms with van der Waals surface area (Å²) in [5.74, 6) is 1.14. The summed E-state index contributed by atoms with van der Waals surface area (Å²) in [6.07, 6.45) is 1.72. The number of thiophene rings is 1. The summed E-state index contributed by atoms with van der Waals surface area (Å²) in [6, 6.07) is 7.42. The molecule has 6 nitrogen and oxygen atoms in total. The van der Waals surface area contributed by atoms with Gasteiger partial charge in [0.15, 0.2) is 11.5 Å². The van der Waals surface area contributed by atoms with Crippen LogP contribution < -0.4 is 20.3 Å². The summed E-state index contributed by atoms with van der Waals surface area (Å²) >= 11 is 1.46. The normalized spacial score (nSPS) is 12.6. The first-order chi connectivity index (χ1) is 12.0. The lowest BCUT2D eigenvalue weighted by molar-refractivity contribution is 0.0952. The Morgan fingerprint density at radius 1 is 1.28 bits per heavy atom. The third-order valence-electron chi connectivity index (χ3n) is 4.21. The topological polar surface area (TPSA) is 69.6 Å². The molecule has 0 spiro atoms. The molecule has 1 aliphatic heterocycles. The van der Waals surface area contributed by atoms with Crippen molar-refractivity contribution < 1.29 is 14.3 Å². The van der Waals surface area contributed by atoms with Crippen molar-refractivity contribution in [2.75, 3.05) is 6.79 Å². The molecule has 3 aromatic rings. The summed E-state index contributed by atoms with van der Waals surface area (Å²) in [5.41, 5.74) is 1.21. The molecule has 1 aliphatic rings. The molecule has 0 saturated carbocycles. The Labute approximate surface area is 147 Å². The SMILES string of the molecule is Cc1sc2ccn(C)c(=O)c2c1C(=O)NCc1ccc2c(c1)OCO2. The van der Waals surface area contributed by atoms with E-state index in [9.17, 15) is 9.59 Å². The van der Waals surface area contributed by atoms with Crippen molar-refractivity contribution in [2.45, 2.75) is 13.5 Å². The summed E-state index contributed by atoms with van der Waals surface area (Å²) in [7, 11) is 1.68. The number of benzene rings is 1. The van der Waals surface area contributed by atoms with Crippen LogP contribution in [-0.4, -0.2) is 17.3 Å². The Bertz CT molecular complexity index is 1050. The van der Waals surface area contributed by atoms with Crippen LogP contribution in [0.5, 0.6) is 11.5 Å². The van der Waals surface area contributed by atoms with Gasteiger partial charge in [-0.2, -0.15) is 0 Å². The number of ether oxygens (including phenoxy) is 2. The van der Waals surface area contributed by atoms with Crippen molar-refractivity contribution in [3.63, 3.8) is 0 Å². The van der Waals surface area contributed by atoms with E-state index in [1.165, 1.54) is 15.9 Å². The van der Waals surface area contributed by atoms with E-state index in [0.29, 0.717) is 29.0 Å². The number of hydrogen-bond acceptors (Lipinski definition) is 5. The van der Waals surface area contributed by atoms with E-state index in [1.54, 1.807) is 13.2 Å². The van der Waals surface area contributed by atoms with Gasteiger partial charge in [0.05, 0.1) is 10.9 Å². The van der Waals surface area contributed by atoms with Gasteiger partial charge in [-0.1, -0.05) is 6.07 Å². The Hall–Kier alpha value is -2.80. The molecular formula is C18H16N2O4S. The molecule has 25 heavy (non-hydrogen) atoms. The molecule has 0 unspecified atom stereocenters. The summed E-state index contributed by atoms with van der Waals surface area (Å²) in [6.45, 7) is 2.42. The summed E-state index contributed by atoms with van der Waals surface area (Å²) in [5, 5.41) is 3.38. The maximum atomic E-state index is 12.7. The average molecular weight is 356 g/mol. The number of nitrogens with zero attached hydrogens (tertiary/aromatic N) is 1. The zero-order valence-corrected chi connectivity index (χ0v) is 14.6. The molecule has 3 heterocycles. The highest BCUT2D eigenvalue weighted by atomic mass is 32.1. The molecule has 7 heteroatoms. The van der Waals surface area contributed by atoms with Gasteiger partial charge in [0.1, 0.15) is 0 Å². The van der Waals surface area contributed by atoms with Gasteiger partial charge in [-0.3, -0.25) is 9.59 Å². The zero-order chi connectivity index (χ0) is 17.6. The number of amides is 1. The maximum Gasteiger partial charge on any atom is 0.259 e. The molecule has 0 atom stereocenters. The lowest BCUT2D eigenvalue weighted by atomic mass is 10.1. The van der Waals surface area contributed by atoms with E-state index in [0.717, 1.165) is 15.1 Å². The lowest BCUT2D eigenvalue weighted by Gasteiger charge is -2.07. The van der Waals surface area contributed by atoms with E-state index in [1.807, 2.05) is 31.2 Å². The van der Waals surface area contributed by atoms with Crippen LogP contribution in [0.4, 0.5) is 0 Å². The van der Waals surface area contributed by atoms with Crippen LogP contribution in [-0.2, 0) is 13.6 Å². The van der Waals surface area contributed by atoms with Crippen molar-refractivity contribution in [3.8, 4) is 11.5 Å². The fraction of sp³-hybridized carbons (Fsp3) is 0.222. The highest BCUT2D eigenvalue weighted by molar-refractivity contribution is 7.19. The molecule has 128 valence electrons. The van der Waals surface area contributed by atoms with Gasteiger partial charge in [0.2, 0.25) is 6.79 Å². The number of hydrogen-bond donors (Lipinski definition) is 1. The molecule has 0 bridgehead atoms. The second kappa shape index (κ2) is 5.93. The molecule has 2 aromatic heterocycles. The van der Waals surface area contributed by atoms with E-state index in [2.05, 4.69) is 5.32 Å². The molecule has 0 fully saturated rings. The third kappa shape index (κ3) is 2.66. The first-order valence-electron chi connectivity index (χ1n) is 7.80. The van der Waals surface area contributed by atoms with Crippen molar-refractivity contribution in [1.29, 1.82) is 0 Å². The van der Waals surface area contributed by atoms with Crippen LogP contribution in [0.25, 0.3) is 10.1 Å².